The number of hydrogen-bond donors (Lipinski definition) is 1. The van der Waals surface area contributed by atoms with E-state index in [-0.39, 0.29) is 6.42 Å². The standard InChI is InChI=1S/C22H23ClO5S/c23-19-14-11-18(12-15-19)13-16-21(24)29(27,28)20(22(25)26)10-6-2-5-9-17-7-3-1-4-8-17/h1,3-4,7-8,11-16,20H,2,5-6,9-10H2,(H,25,26). The quantitative estimate of drug-likeness (QED) is 0.437. The molecule has 0 fully saturated rings. The molecule has 0 spiro atoms. The van der Waals surface area contributed by atoms with E-state index in [0.29, 0.717) is 23.4 Å². The molecular formula is C22H23ClO5S. The fourth-order valence-electron chi connectivity index (χ4n) is 2.86. The van der Waals surface area contributed by atoms with E-state index in [1.54, 1.807) is 24.3 Å². The van der Waals surface area contributed by atoms with E-state index in [2.05, 4.69) is 0 Å². The highest BCUT2D eigenvalue weighted by molar-refractivity contribution is 8.07. The van der Waals surface area contributed by atoms with Gasteiger partial charge in [-0.15, -0.1) is 0 Å². The van der Waals surface area contributed by atoms with Crippen LogP contribution >= 0.6 is 11.6 Å². The smallest absolute Gasteiger partial charge is 0.322 e. The summed E-state index contributed by atoms with van der Waals surface area (Å²) < 4.78 is 24.9. The second-order valence-corrected chi connectivity index (χ2v) is 9.16. The lowest BCUT2D eigenvalue weighted by Crippen LogP contribution is -2.34. The molecular weight excluding hydrogens is 412 g/mol. The average Bonchev–Trinajstić information content (AvgIpc) is 2.70. The molecule has 0 aliphatic carbocycles. The van der Waals surface area contributed by atoms with Crippen LogP contribution in [0.5, 0.6) is 0 Å². The summed E-state index contributed by atoms with van der Waals surface area (Å²) >= 11 is 5.78. The Morgan fingerprint density at radius 2 is 1.62 bits per heavy atom. The van der Waals surface area contributed by atoms with Gasteiger partial charge in [0.2, 0.25) is 9.84 Å². The van der Waals surface area contributed by atoms with Crippen LogP contribution in [-0.4, -0.2) is 29.9 Å². The van der Waals surface area contributed by atoms with Crippen molar-refractivity contribution in [3.8, 4) is 0 Å². The SMILES string of the molecule is O=C(O)C(CCCCCc1ccccc1)S(=O)(=O)C(=O)C=Cc1ccc(Cl)cc1. The number of sulfone groups is 1. The highest BCUT2D eigenvalue weighted by Gasteiger charge is 2.36. The minimum atomic E-state index is -4.47. The van der Waals surface area contributed by atoms with Crippen LogP contribution in [0.15, 0.2) is 60.7 Å². The zero-order valence-electron chi connectivity index (χ0n) is 15.8. The lowest BCUT2D eigenvalue weighted by Gasteiger charge is -2.11. The first-order chi connectivity index (χ1) is 13.8. The van der Waals surface area contributed by atoms with Gasteiger partial charge in [-0.25, -0.2) is 8.42 Å². The molecule has 154 valence electrons. The molecule has 1 N–H and O–H groups in total. The highest BCUT2D eigenvalue weighted by Crippen LogP contribution is 2.17. The summed E-state index contributed by atoms with van der Waals surface area (Å²) in [6.45, 7) is 0. The Kier molecular flexibility index (Phi) is 8.61. The van der Waals surface area contributed by atoms with Crippen molar-refractivity contribution in [3.63, 3.8) is 0 Å². The van der Waals surface area contributed by atoms with Crippen LogP contribution in [0.4, 0.5) is 0 Å². The fraction of sp³-hybridized carbons (Fsp3) is 0.273. The van der Waals surface area contributed by atoms with Crippen LogP contribution in [0.1, 0.15) is 36.8 Å². The summed E-state index contributed by atoms with van der Waals surface area (Å²) in [6.07, 6.45) is 4.89. The van der Waals surface area contributed by atoms with Crippen molar-refractivity contribution < 1.29 is 23.1 Å². The van der Waals surface area contributed by atoms with Crippen molar-refractivity contribution in [2.45, 2.75) is 37.4 Å². The monoisotopic (exact) mass is 434 g/mol. The number of unbranched alkanes of at least 4 members (excludes halogenated alkanes) is 2. The molecule has 7 heteroatoms. The molecule has 0 saturated heterocycles. The van der Waals surface area contributed by atoms with E-state index in [1.165, 1.54) is 11.6 Å². The maximum atomic E-state index is 12.4. The Labute approximate surface area is 175 Å². The Morgan fingerprint density at radius 1 is 0.966 bits per heavy atom. The van der Waals surface area contributed by atoms with Gasteiger partial charge in [0.05, 0.1) is 0 Å². The first kappa shape index (κ1) is 22.8. The number of aryl methyl sites for hydroxylation is 1. The number of rotatable bonds is 10. The zero-order chi connectivity index (χ0) is 21.3. The number of aliphatic carboxylic acids is 1. The summed E-state index contributed by atoms with van der Waals surface area (Å²) in [5.74, 6) is -1.50. The Hall–Kier alpha value is -2.44. The molecule has 0 aromatic heterocycles. The topological polar surface area (TPSA) is 88.5 Å². The van der Waals surface area contributed by atoms with Crippen molar-refractivity contribution in [1.82, 2.24) is 0 Å². The first-order valence-electron chi connectivity index (χ1n) is 9.29. The molecule has 5 nitrogen and oxygen atoms in total. The van der Waals surface area contributed by atoms with Crippen molar-refractivity contribution >= 4 is 38.6 Å². The average molecular weight is 435 g/mol. The predicted molar refractivity (Wildman–Crippen MR) is 114 cm³/mol. The Morgan fingerprint density at radius 3 is 2.24 bits per heavy atom. The van der Waals surface area contributed by atoms with Crippen LogP contribution in [0, 0.1) is 0 Å². The summed E-state index contributed by atoms with van der Waals surface area (Å²) in [6, 6.07) is 16.3. The first-order valence-corrected chi connectivity index (χ1v) is 11.2. The number of hydrogen-bond acceptors (Lipinski definition) is 4. The van der Waals surface area contributed by atoms with Gasteiger partial charge < -0.3 is 5.11 Å². The van der Waals surface area contributed by atoms with Gasteiger partial charge in [-0.2, -0.15) is 0 Å². The summed E-state index contributed by atoms with van der Waals surface area (Å²) in [4.78, 5) is 23.6. The highest BCUT2D eigenvalue weighted by atomic mass is 35.5. The molecule has 29 heavy (non-hydrogen) atoms. The van der Waals surface area contributed by atoms with Gasteiger partial charge in [-0.3, -0.25) is 9.59 Å². The van der Waals surface area contributed by atoms with Gasteiger partial charge in [0, 0.05) is 5.02 Å². The molecule has 0 bridgehead atoms. The Balaban J connectivity index is 1.92. The van der Waals surface area contributed by atoms with Crippen molar-refractivity contribution in [1.29, 1.82) is 0 Å². The normalized spacial score (nSPS) is 12.7. The summed E-state index contributed by atoms with van der Waals surface area (Å²) in [5, 5.41) is 6.91. The van der Waals surface area contributed by atoms with E-state index < -0.39 is 26.2 Å². The molecule has 0 heterocycles. The minimum absolute atomic E-state index is 0.0903. The van der Waals surface area contributed by atoms with Crippen molar-refractivity contribution in [3.05, 3.63) is 76.8 Å². The van der Waals surface area contributed by atoms with Gasteiger partial charge in [-0.1, -0.05) is 73.0 Å². The van der Waals surface area contributed by atoms with Crippen LogP contribution in [-0.2, 0) is 25.8 Å². The lowest BCUT2D eigenvalue weighted by molar-refractivity contribution is -0.136. The van der Waals surface area contributed by atoms with Crippen LogP contribution in [0.25, 0.3) is 6.08 Å². The lowest BCUT2D eigenvalue weighted by atomic mass is 10.1. The molecule has 0 radical (unpaired) electrons. The van der Waals surface area contributed by atoms with Gasteiger partial charge >= 0.3 is 5.97 Å². The van der Waals surface area contributed by atoms with Gasteiger partial charge in [0.25, 0.3) is 5.12 Å². The maximum absolute atomic E-state index is 12.4. The van der Waals surface area contributed by atoms with Gasteiger partial charge in [0.15, 0.2) is 5.25 Å². The summed E-state index contributed by atoms with van der Waals surface area (Å²) in [7, 11) is -4.47. The molecule has 0 amide bonds. The minimum Gasteiger partial charge on any atom is -0.480 e. The van der Waals surface area contributed by atoms with Crippen LogP contribution in [0.2, 0.25) is 5.02 Å². The second kappa shape index (κ2) is 10.9. The van der Waals surface area contributed by atoms with Gasteiger partial charge in [0.1, 0.15) is 0 Å². The van der Waals surface area contributed by atoms with Crippen molar-refractivity contribution in [2.24, 2.45) is 0 Å². The molecule has 0 saturated carbocycles. The number of halogens is 1. The molecule has 1 unspecified atom stereocenters. The molecule has 2 aromatic carbocycles. The van der Waals surface area contributed by atoms with E-state index in [4.69, 9.17) is 11.6 Å². The number of carboxylic acid groups (broad SMARTS) is 1. The van der Waals surface area contributed by atoms with Crippen molar-refractivity contribution in [2.75, 3.05) is 0 Å². The van der Waals surface area contributed by atoms with E-state index in [0.717, 1.165) is 18.9 Å². The number of benzene rings is 2. The predicted octanol–water partition coefficient (Wildman–Crippen LogP) is 4.55. The third-order valence-electron chi connectivity index (χ3n) is 4.49. The molecule has 0 aliphatic rings. The van der Waals surface area contributed by atoms with E-state index in [9.17, 15) is 23.1 Å². The van der Waals surface area contributed by atoms with Crippen LogP contribution < -0.4 is 0 Å². The van der Waals surface area contributed by atoms with E-state index >= 15 is 0 Å². The third-order valence-corrected chi connectivity index (χ3v) is 6.62. The molecule has 2 rings (SSSR count). The largest absolute Gasteiger partial charge is 0.480 e. The number of carbonyl (C=O) groups excluding carboxylic acids is 1. The second-order valence-electron chi connectivity index (χ2n) is 6.66. The molecule has 1 atom stereocenters. The van der Waals surface area contributed by atoms with Crippen LogP contribution in [0.3, 0.4) is 0 Å². The molecule has 0 aliphatic heterocycles. The van der Waals surface area contributed by atoms with Gasteiger partial charge in [-0.05, 0) is 48.6 Å². The number of carboxylic acids is 1. The molecule has 2 aromatic rings. The zero-order valence-corrected chi connectivity index (χ0v) is 17.4. The maximum Gasteiger partial charge on any atom is 0.322 e. The Bertz CT molecular complexity index is 950. The third kappa shape index (κ3) is 7.15. The number of carbonyl (C=O) groups is 2. The summed E-state index contributed by atoms with van der Waals surface area (Å²) in [5.41, 5.74) is 1.77. The fourth-order valence-corrected chi connectivity index (χ4v) is 4.27. The van der Waals surface area contributed by atoms with E-state index in [1.807, 2.05) is 30.3 Å².